The van der Waals surface area contributed by atoms with E-state index in [0.717, 1.165) is 22.0 Å². The van der Waals surface area contributed by atoms with Crippen molar-refractivity contribution in [1.29, 1.82) is 0 Å². The zero-order valence-electron chi connectivity index (χ0n) is 15.4. The third kappa shape index (κ3) is 5.33. The number of nitrogens with one attached hydrogen (secondary N) is 1. The van der Waals surface area contributed by atoms with E-state index in [1.54, 1.807) is 24.3 Å². The van der Waals surface area contributed by atoms with Crippen molar-refractivity contribution in [3.8, 4) is 16.3 Å². The third-order valence-electron chi connectivity index (χ3n) is 3.69. The van der Waals surface area contributed by atoms with Gasteiger partial charge >= 0.3 is 0 Å². The lowest BCUT2D eigenvalue weighted by Gasteiger charge is -2.09. The van der Waals surface area contributed by atoms with Gasteiger partial charge in [0.15, 0.2) is 5.82 Å². The lowest BCUT2D eigenvalue weighted by atomic mass is 10.2. The molecule has 0 spiro atoms. The number of hydrogen-bond donors (Lipinski definition) is 1. The molecule has 0 aliphatic rings. The molecule has 1 N–H and O–H groups in total. The number of nitrogens with zero attached hydrogens (tertiary/aromatic N) is 2. The summed E-state index contributed by atoms with van der Waals surface area (Å²) in [6.07, 6.45) is 0. The molecular weight excluding hydrogens is 382 g/mol. The summed E-state index contributed by atoms with van der Waals surface area (Å²) >= 11 is 3.13. The van der Waals surface area contributed by atoms with Crippen molar-refractivity contribution in [2.45, 2.75) is 31.8 Å². The molecule has 2 heterocycles. The Morgan fingerprint density at radius 2 is 2.15 bits per heavy atom. The van der Waals surface area contributed by atoms with E-state index in [-0.39, 0.29) is 11.2 Å². The van der Waals surface area contributed by atoms with E-state index in [1.165, 1.54) is 11.8 Å². The van der Waals surface area contributed by atoms with Crippen LogP contribution >= 0.6 is 23.1 Å². The largest absolute Gasteiger partial charge is 0.494 e. The molecule has 1 amide bonds. The average molecular weight is 404 g/mol. The molecule has 27 heavy (non-hydrogen) atoms. The molecule has 0 aliphatic heterocycles. The molecule has 142 valence electrons. The van der Waals surface area contributed by atoms with Crippen LogP contribution in [-0.4, -0.2) is 27.9 Å². The molecule has 0 radical (unpaired) electrons. The quantitative estimate of drug-likeness (QED) is 0.584. The molecular formula is C19H21N3O3S2. The van der Waals surface area contributed by atoms with Crippen LogP contribution in [0.15, 0.2) is 40.2 Å². The highest BCUT2D eigenvalue weighted by molar-refractivity contribution is 7.99. The second kappa shape index (κ2) is 9.05. The minimum Gasteiger partial charge on any atom is -0.494 e. The number of carbonyl (C=O) groups excluding carboxylic acids is 1. The molecule has 0 saturated heterocycles. The maximum Gasteiger partial charge on any atom is 0.238 e. The van der Waals surface area contributed by atoms with Crippen molar-refractivity contribution in [3.63, 3.8) is 0 Å². The Labute approximate surface area is 166 Å². The van der Waals surface area contributed by atoms with Crippen molar-refractivity contribution in [2.24, 2.45) is 0 Å². The zero-order valence-corrected chi connectivity index (χ0v) is 17.0. The van der Waals surface area contributed by atoms with Crippen LogP contribution in [-0.2, 0) is 10.5 Å². The average Bonchev–Trinajstić information content (AvgIpc) is 3.29. The van der Waals surface area contributed by atoms with E-state index in [1.807, 2.05) is 43.5 Å². The van der Waals surface area contributed by atoms with Crippen molar-refractivity contribution < 1.29 is 14.1 Å². The fourth-order valence-electron chi connectivity index (χ4n) is 2.31. The Hall–Kier alpha value is -2.32. The predicted molar refractivity (Wildman–Crippen MR) is 109 cm³/mol. The number of aryl methyl sites for hydroxylation is 1. The van der Waals surface area contributed by atoms with Crippen molar-refractivity contribution in [3.05, 3.63) is 47.2 Å². The Morgan fingerprint density at radius 3 is 2.81 bits per heavy atom. The van der Waals surface area contributed by atoms with Crippen molar-refractivity contribution in [2.75, 3.05) is 11.9 Å². The molecule has 8 heteroatoms. The summed E-state index contributed by atoms with van der Waals surface area (Å²) in [6.45, 7) is 6.27. The molecule has 6 nitrogen and oxygen atoms in total. The van der Waals surface area contributed by atoms with E-state index in [0.29, 0.717) is 23.9 Å². The lowest BCUT2D eigenvalue weighted by molar-refractivity contribution is -0.115. The van der Waals surface area contributed by atoms with Crippen molar-refractivity contribution >= 4 is 34.8 Å². The van der Waals surface area contributed by atoms with Crippen LogP contribution in [0.4, 0.5) is 5.82 Å². The van der Waals surface area contributed by atoms with Crippen LogP contribution < -0.4 is 10.1 Å². The molecule has 0 saturated carbocycles. The highest BCUT2D eigenvalue weighted by Crippen LogP contribution is 2.28. The van der Waals surface area contributed by atoms with Gasteiger partial charge in [-0.1, -0.05) is 5.16 Å². The highest BCUT2D eigenvalue weighted by Gasteiger charge is 2.16. The fourth-order valence-corrected chi connectivity index (χ4v) is 4.02. The van der Waals surface area contributed by atoms with Gasteiger partial charge in [-0.2, -0.15) is 0 Å². The summed E-state index contributed by atoms with van der Waals surface area (Å²) in [4.78, 5) is 16.9. The Morgan fingerprint density at radius 1 is 1.37 bits per heavy atom. The van der Waals surface area contributed by atoms with Gasteiger partial charge in [-0.3, -0.25) is 4.79 Å². The molecule has 0 unspecified atom stereocenters. The number of ether oxygens (including phenoxy) is 1. The lowest BCUT2D eigenvalue weighted by Crippen LogP contribution is -2.22. The molecule has 1 atom stereocenters. The normalized spacial score (nSPS) is 12.0. The number of benzene rings is 1. The van der Waals surface area contributed by atoms with Gasteiger partial charge in [-0.25, -0.2) is 4.98 Å². The first-order valence-electron chi connectivity index (χ1n) is 8.58. The van der Waals surface area contributed by atoms with Gasteiger partial charge in [0.25, 0.3) is 0 Å². The summed E-state index contributed by atoms with van der Waals surface area (Å²) in [5.74, 6) is 2.53. The molecule has 3 aromatic rings. The molecule has 3 rings (SSSR count). The maximum atomic E-state index is 12.2. The predicted octanol–water partition coefficient (Wildman–Crippen LogP) is 4.77. The van der Waals surface area contributed by atoms with E-state index >= 15 is 0 Å². The van der Waals surface area contributed by atoms with E-state index < -0.39 is 0 Å². The monoisotopic (exact) mass is 403 g/mol. The first-order valence-corrected chi connectivity index (χ1v) is 10.5. The van der Waals surface area contributed by atoms with E-state index in [4.69, 9.17) is 9.26 Å². The number of carbonyl (C=O) groups is 1. The van der Waals surface area contributed by atoms with Gasteiger partial charge in [0, 0.05) is 22.8 Å². The minimum absolute atomic E-state index is 0.102. The van der Waals surface area contributed by atoms with Gasteiger partial charge in [-0.05, 0) is 45.0 Å². The van der Waals surface area contributed by atoms with Gasteiger partial charge < -0.3 is 14.6 Å². The van der Waals surface area contributed by atoms with Crippen LogP contribution in [0.2, 0.25) is 0 Å². The van der Waals surface area contributed by atoms with Gasteiger partial charge in [0.05, 0.1) is 17.6 Å². The van der Waals surface area contributed by atoms with Gasteiger partial charge in [-0.15, -0.1) is 23.1 Å². The number of aromatic nitrogens is 2. The standard InChI is InChI=1S/C19H21N3O3S2/c1-4-24-16-7-5-14(6-8-16)19-20-15(11-27-19)10-26-13(3)18(23)21-17-9-12(2)25-22-17/h5-9,11,13H,4,10H2,1-3H3,(H,21,22,23)/t13-/m0/s1. The highest BCUT2D eigenvalue weighted by atomic mass is 32.2. The van der Waals surface area contributed by atoms with Crippen LogP contribution in [0.3, 0.4) is 0 Å². The smallest absolute Gasteiger partial charge is 0.238 e. The topological polar surface area (TPSA) is 77.2 Å². The summed E-state index contributed by atoms with van der Waals surface area (Å²) in [7, 11) is 0. The Kier molecular flexibility index (Phi) is 6.52. The van der Waals surface area contributed by atoms with Crippen LogP contribution in [0.1, 0.15) is 25.3 Å². The van der Waals surface area contributed by atoms with Crippen molar-refractivity contribution in [1.82, 2.24) is 10.1 Å². The minimum atomic E-state index is -0.224. The van der Waals surface area contributed by atoms with Crippen LogP contribution in [0, 0.1) is 6.92 Å². The van der Waals surface area contributed by atoms with Gasteiger partial charge in [0.1, 0.15) is 16.5 Å². The number of hydrogen-bond acceptors (Lipinski definition) is 7. The third-order valence-corrected chi connectivity index (χ3v) is 5.81. The SMILES string of the molecule is CCOc1ccc(-c2nc(CS[C@@H](C)C(=O)Nc3cc(C)on3)cs2)cc1. The van der Waals surface area contributed by atoms with E-state index in [2.05, 4.69) is 15.5 Å². The Balaban J connectivity index is 1.53. The summed E-state index contributed by atoms with van der Waals surface area (Å²) in [6, 6.07) is 9.62. The Bertz CT molecular complexity index is 890. The summed E-state index contributed by atoms with van der Waals surface area (Å²) in [5.41, 5.74) is 2.03. The number of thioether (sulfide) groups is 1. The number of anilines is 1. The number of amides is 1. The fraction of sp³-hybridized carbons (Fsp3) is 0.316. The summed E-state index contributed by atoms with van der Waals surface area (Å²) in [5, 5.41) is 9.30. The van der Waals surface area contributed by atoms with Gasteiger partial charge in [0.2, 0.25) is 5.91 Å². The summed E-state index contributed by atoms with van der Waals surface area (Å²) < 4.78 is 10.4. The van der Waals surface area contributed by atoms with E-state index in [9.17, 15) is 4.79 Å². The van der Waals surface area contributed by atoms with Crippen LogP contribution in [0.25, 0.3) is 10.6 Å². The number of thiazole rings is 1. The molecule has 0 bridgehead atoms. The first kappa shape index (κ1) is 19.4. The second-order valence-corrected chi connectivity index (χ2v) is 8.05. The first-order chi connectivity index (χ1) is 13.0. The molecule has 1 aromatic carbocycles. The molecule has 0 aliphatic carbocycles. The molecule has 2 aromatic heterocycles. The second-order valence-electron chi connectivity index (χ2n) is 5.87. The van der Waals surface area contributed by atoms with Crippen LogP contribution in [0.5, 0.6) is 5.75 Å². The maximum absolute atomic E-state index is 12.2. The molecule has 0 fully saturated rings. The zero-order chi connectivity index (χ0) is 19.2. The number of rotatable bonds is 8.